The smallest absolute Gasteiger partial charge is 0.292 e. The molecule has 2 aromatic rings. The summed E-state index contributed by atoms with van der Waals surface area (Å²) in [6, 6.07) is 10.1. The zero-order chi connectivity index (χ0) is 17.7. The minimum Gasteiger partial charge on any atom is -0.497 e. The van der Waals surface area contributed by atoms with E-state index in [1.807, 2.05) is 0 Å². The maximum absolute atomic E-state index is 11.2. The van der Waals surface area contributed by atoms with E-state index in [0.29, 0.717) is 22.9 Å². The van der Waals surface area contributed by atoms with Crippen molar-refractivity contribution >= 4 is 34.4 Å². The molecule has 24 heavy (non-hydrogen) atoms. The first-order valence-corrected chi connectivity index (χ1v) is 7.40. The van der Waals surface area contributed by atoms with Gasteiger partial charge in [-0.15, -0.1) is 0 Å². The Morgan fingerprint density at radius 1 is 1.08 bits per heavy atom. The average Bonchev–Trinajstić information content (AvgIpc) is 2.56. The van der Waals surface area contributed by atoms with E-state index in [9.17, 15) is 10.1 Å². The Morgan fingerprint density at radius 3 is 2.42 bits per heavy atom. The lowest BCUT2D eigenvalue weighted by Crippen LogP contribution is -2.20. The van der Waals surface area contributed by atoms with Crippen molar-refractivity contribution in [1.29, 1.82) is 0 Å². The minimum atomic E-state index is -0.454. The number of rotatable bonds is 5. The second kappa shape index (κ2) is 7.60. The van der Waals surface area contributed by atoms with Crippen molar-refractivity contribution in [3.63, 3.8) is 0 Å². The Bertz CT molecular complexity index is 780. The van der Waals surface area contributed by atoms with Gasteiger partial charge in [0.1, 0.15) is 17.2 Å². The van der Waals surface area contributed by atoms with E-state index in [-0.39, 0.29) is 10.8 Å². The quantitative estimate of drug-likeness (QED) is 0.484. The second-order valence-corrected chi connectivity index (χ2v) is 5.33. The van der Waals surface area contributed by atoms with Crippen LogP contribution in [-0.4, -0.2) is 24.3 Å². The SMILES string of the molecule is COc1ccc(OC)c(NC(=S)Nc2ccc(C)cc2[N+](=O)[O-])c1. The minimum absolute atomic E-state index is 0.0447. The number of nitrogens with one attached hydrogen (secondary N) is 2. The standard InChI is InChI=1S/C16H17N3O4S/c1-10-4-6-12(14(8-10)19(20)21)17-16(24)18-13-9-11(22-2)5-7-15(13)23-3/h4-9H,1-3H3,(H2,17,18,24). The number of benzene rings is 2. The summed E-state index contributed by atoms with van der Waals surface area (Å²) < 4.78 is 10.4. The fraction of sp³-hybridized carbons (Fsp3) is 0.188. The number of aryl methyl sites for hydroxylation is 1. The van der Waals surface area contributed by atoms with Crippen molar-refractivity contribution in [2.24, 2.45) is 0 Å². The Balaban J connectivity index is 2.22. The molecule has 126 valence electrons. The highest BCUT2D eigenvalue weighted by Gasteiger charge is 2.15. The third kappa shape index (κ3) is 4.11. The second-order valence-electron chi connectivity index (χ2n) is 4.92. The highest BCUT2D eigenvalue weighted by molar-refractivity contribution is 7.80. The van der Waals surface area contributed by atoms with Gasteiger partial charge in [-0.2, -0.15) is 0 Å². The van der Waals surface area contributed by atoms with E-state index in [0.717, 1.165) is 5.56 Å². The summed E-state index contributed by atoms with van der Waals surface area (Å²) in [6.07, 6.45) is 0. The molecule has 0 atom stereocenters. The summed E-state index contributed by atoms with van der Waals surface area (Å²) in [6.45, 7) is 1.79. The maximum Gasteiger partial charge on any atom is 0.292 e. The van der Waals surface area contributed by atoms with Crippen molar-refractivity contribution in [2.75, 3.05) is 24.9 Å². The number of nitro benzene ring substituents is 1. The Hall–Kier alpha value is -2.87. The van der Waals surface area contributed by atoms with Crippen molar-refractivity contribution in [3.8, 4) is 11.5 Å². The van der Waals surface area contributed by atoms with Crippen LogP contribution in [0.2, 0.25) is 0 Å². The summed E-state index contributed by atoms with van der Waals surface area (Å²) in [5.41, 5.74) is 1.64. The van der Waals surface area contributed by atoms with E-state index < -0.39 is 4.92 Å². The van der Waals surface area contributed by atoms with Gasteiger partial charge in [-0.1, -0.05) is 6.07 Å². The fourth-order valence-corrected chi connectivity index (χ4v) is 2.31. The number of ether oxygens (including phenoxy) is 2. The molecule has 0 aliphatic carbocycles. The van der Waals surface area contributed by atoms with Gasteiger partial charge in [0.15, 0.2) is 5.11 Å². The van der Waals surface area contributed by atoms with E-state index >= 15 is 0 Å². The summed E-state index contributed by atoms with van der Waals surface area (Å²) in [5.74, 6) is 1.20. The molecule has 2 rings (SSSR count). The molecule has 0 radical (unpaired) electrons. The lowest BCUT2D eigenvalue weighted by atomic mass is 10.2. The summed E-state index contributed by atoms with van der Waals surface area (Å²) >= 11 is 5.24. The molecule has 0 heterocycles. The van der Waals surface area contributed by atoms with Gasteiger partial charge in [-0.05, 0) is 42.9 Å². The van der Waals surface area contributed by atoms with E-state index in [2.05, 4.69) is 10.6 Å². The molecule has 0 saturated heterocycles. The number of methoxy groups -OCH3 is 2. The van der Waals surface area contributed by atoms with Gasteiger partial charge in [0.25, 0.3) is 5.69 Å². The Morgan fingerprint density at radius 2 is 1.79 bits per heavy atom. The molecule has 0 spiro atoms. The number of nitro groups is 1. The Labute approximate surface area is 144 Å². The zero-order valence-electron chi connectivity index (χ0n) is 13.5. The van der Waals surface area contributed by atoms with Crippen LogP contribution in [0, 0.1) is 17.0 Å². The number of hydrogen-bond acceptors (Lipinski definition) is 5. The van der Waals surface area contributed by atoms with Gasteiger partial charge in [0, 0.05) is 12.1 Å². The first kappa shape index (κ1) is 17.5. The molecule has 0 fully saturated rings. The van der Waals surface area contributed by atoms with Crippen LogP contribution >= 0.6 is 12.2 Å². The first-order chi connectivity index (χ1) is 11.4. The average molecular weight is 347 g/mol. The molecule has 0 aromatic heterocycles. The molecule has 7 nitrogen and oxygen atoms in total. The zero-order valence-corrected chi connectivity index (χ0v) is 14.3. The molecule has 8 heteroatoms. The number of thiocarbonyl (C=S) groups is 1. The molecule has 2 N–H and O–H groups in total. The van der Waals surface area contributed by atoms with Gasteiger partial charge in [0.05, 0.1) is 24.8 Å². The third-order valence-corrected chi connectivity index (χ3v) is 3.46. The highest BCUT2D eigenvalue weighted by atomic mass is 32.1. The van der Waals surface area contributed by atoms with Crippen molar-refractivity contribution in [1.82, 2.24) is 0 Å². The molecular weight excluding hydrogens is 330 g/mol. The lowest BCUT2D eigenvalue weighted by Gasteiger charge is -2.14. The van der Waals surface area contributed by atoms with Crippen LogP contribution < -0.4 is 20.1 Å². The largest absolute Gasteiger partial charge is 0.497 e. The molecule has 0 bridgehead atoms. The van der Waals surface area contributed by atoms with Gasteiger partial charge >= 0.3 is 0 Å². The number of nitrogens with zero attached hydrogens (tertiary/aromatic N) is 1. The predicted molar refractivity (Wildman–Crippen MR) is 97.2 cm³/mol. The van der Waals surface area contributed by atoms with Gasteiger partial charge in [-0.3, -0.25) is 10.1 Å². The van der Waals surface area contributed by atoms with E-state index in [4.69, 9.17) is 21.7 Å². The van der Waals surface area contributed by atoms with Gasteiger partial charge in [-0.25, -0.2) is 0 Å². The fourth-order valence-electron chi connectivity index (χ4n) is 2.09. The molecule has 0 aliphatic heterocycles. The molecule has 0 saturated carbocycles. The first-order valence-electron chi connectivity index (χ1n) is 6.99. The summed E-state index contributed by atoms with van der Waals surface area (Å²) in [4.78, 5) is 10.7. The van der Waals surface area contributed by atoms with Crippen LogP contribution in [0.3, 0.4) is 0 Å². The number of hydrogen-bond donors (Lipinski definition) is 2. The van der Waals surface area contributed by atoms with Crippen LogP contribution in [0.5, 0.6) is 11.5 Å². The monoisotopic (exact) mass is 347 g/mol. The van der Waals surface area contributed by atoms with Crippen LogP contribution in [0.1, 0.15) is 5.56 Å². The van der Waals surface area contributed by atoms with E-state index in [1.54, 1.807) is 44.4 Å². The summed E-state index contributed by atoms with van der Waals surface area (Å²) in [5, 5.41) is 17.2. The molecule has 2 aromatic carbocycles. The predicted octanol–water partition coefficient (Wildman–Crippen LogP) is 3.73. The van der Waals surface area contributed by atoms with Crippen molar-refractivity contribution in [3.05, 3.63) is 52.1 Å². The third-order valence-electron chi connectivity index (χ3n) is 3.25. The van der Waals surface area contributed by atoms with Crippen molar-refractivity contribution in [2.45, 2.75) is 6.92 Å². The Kier molecular flexibility index (Phi) is 5.54. The van der Waals surface area contributed by atoms with Crippen LogP contribution in [-0.2, 0) is 0 Å². The van der Waals surface area contributed by atoms with Crippen molar-refractivity contribution < 1.29 is 14.4 Å². The van der Waals surface area contributed by atoms with Gasteiger partial charge < -0.3 is 20.1 Å². The van der Waals surface area contributed by atoms with E-state index in [1.165, 1.54) is 13.2 Å². The normalized spacial score (nSPS) is 9.96. The molecular formula is C16H17N3O4S. The maximum atomic E-state index is 11.2. The highest BCUT2D eigenvalue weighted by Crippen LogP contribution is 2.30. The van der Waals surface area contributed by atoms with Crippen LogP contribution in [0.15, 0.2) is 36.4 Å². The van der Waals surface area contributed by atoms with Crippen LogP contribution in [0.25, 0.3) is 0 Å². The summed E-state index contributed by atoms with van der Waals surface area (Å²) in [7, 11) is 3.09. The topological polar surface area (TPSA) is 85.7 Å². The van der Waals surface area contributed by atoms with Crippen LogP contribution in [0.4, 0.5) is 17.1 Å². The molecule has 0 aliphatic rings. The lowest BCUT2D eigenvalue weighted by molar-refractivity contribution is -0.383. The van der Waals surface area contributed by atoms with Gasteiger partial charge in [0.2, 0.25) is 0 Å². The molecule has 0 unspecified atom stereocenters. The molecule has 0 amide bonds. The number of anilines is 2.